The third-order valence-corrected chi connectivity index (χ3v) is 5.97. The van der Waals surface area contributed by atoms with Crippen LogP contribution < -0.4 is 10.2 Å². The topological polar surface area (TPSA) is 78.4 Å². The van der Waals surface area contributed by atoms with Crippen LogP contribution in [0.15, 0.2) is 35.5 Å². The average molecular weight is 428 g/mol. The van der Waals surface area contributed by atoms with Crippen molar-refractivity contribution in [2.45, 2.75) is 38.1 Å². The molecule has 3 rings (SSSR count). The van der Waals surface area contributed by atoms with Crippen molar-refractivity contribution in [3.63, 3.8) is 0 Å². The molecule has 2 aromatic rings. The first-order valence-corrected chi connectivity index (χ1v) is 11.4. The van der Waals surface area contributed by atoms with Gasteiger partial charge in [0.1, 0.15) is 5.82 Å². The highest BCUT2D eigenvalue weighted by atomic mass is 32.2. The van der Waals surface area contributed by atoms with Gasteiger partial charge in [0.05, 0.1) is 0 Å². The zero-order valence-electron chi connectivity index (χ0n) is 17.9. The summed E-state index contributed by atoms with van der Waals surface area (Å²) >= 11 is 1.58. The van der Waals surface area contributed by atoms with Gasteiger partial charge in [-0.05, 0) is 31.0 Å². The lowest BCUT2D eigenvalue weighted by molar-refractivity contribution is -0.129. The van der Waals surface area contributed by atoms with Crippen molar-refractivity contribution in [2.24, 2.45) is 0 Å². The van der Waals surface area contributed by atoms with Crippen molar-refractivity contribution in [3.05, 3.63) is 47.2 Å². The number of rotatable bonds is 7. The molecule has 2 heterocycles. The summed E-state index contributed by atoms with van der Waals surface area (Å²) in [4.78, 5) is 37.2. The number of nitrogens with zero attached hydrogens (tertiary/aromatic N) is 4. The molecule has 8 heteroatoms. The Balaban J connectivity index is 1.69. The van der Waals surface area contributed by atoms with Gasteiger partial charge >= 0.3 is 0 Å². The Hall–Kier alpha value is -2.61. The van der Waals surface area contributed by atoms with E-state index in [2.05, 4.69) is 22.1 Å². The molecular formula is C22H29N5O2S. The predicted octanol–water partition coefficient (Wildman–Crippen LogP) is 2.75. The van der Waals surface area contributed by atoms with Gasteiger partial charge in [-0.15, -0.1) is 0 Å². The minimum absolute atomic E-state index is 0.0550. The Labute approximate surface area is 182 Å². The van der Waals surface area contributed by atoms with E-state index in [9.17, 15) is 9.59 Å². The molecule has 160 valence electrons. The second kappa shape index (κ2) is 10.4. The summed E-state index contributed by atoms with van der Waals surface area (Å²) in [6.45, 7) is 9.21. The highest BCUT2D eigenvalue weighted by molar-refractivity contribution is 7.98. The van der Waals surface area contributed by atoms with Crippen LogP contribution in [-0.2, 0) is 17.0 Å². The summed E-state index contributed by atoms with van der Waals surface area (Å²) in [7, 11) is 0. The van der Waals surface area contributed by atoms with E-state index in [-0.39, 0.29) is 11.8 Å². The number of anilines is 1. The van der Waals surface area contributed by atoms with Crippen molar-refractivity contribution in [3.8, 4) is 0 Å². The van der Waals surface area contributed by atoms with Gasteiger partial charge in [-0.3, -0.25) is 9.59 Å². The van der Waals surface area contributed by atoms with Crippen LogP contribution in [0.5, 0.6) is 0 Å². The number of benzene rings is 1. The van der Waals surface area contributed by atoms with Crippen LogP contribution in [-0.4, -0.2) is 59.4 Å². The van der Waals surface area contributed by atoms with E-state index in [1.165, 1.54) is 0 Å². The van der Waals surface area contributed by atoms with E-state index in [1.54, 1.807) is 18.7 Å². The van der Waals surface area contributed by atoms with Crippen LogP contribution >= 0.6 is 11.8 Å². The fourth-order valence-electron chi connectivity index (χ4n) is 3.33. The lowest BCUT2D eigenvalue weighted by Gasteiger charge is -2.35. The van der Waals surface area contributed by atoms with Gasteiger partial charge in [0.2, 0.25) is 5.91 Å². The minimum atomic E-state index is -0.0550. The third-order valence-electron chi connectivity index (χ3n) is 5.05. The fourth-order valence-corrected chi connectivity index (χ4v) is 4.15. The third kappa shape index (κ3) is 5.72. The van der Waals surface area contributed by atoms with Crippen LogP contribution in [0.4, 0.5) is 5.82 Å². The van der Waals surface area contributed by atoms with Crippen molar-refractivity contribution >= 4 is 29.4 Å². The van der Waals surface area contributed by atoms with Crippen molar-refractivity contribution < 1.29 is 9.59 Å². The van der Waals surface area contributed by atoms with Gasteiger partial charge in [-0.2, -0.15) is 0 Å². The summed E-state index contributed by atoms with van der Waals surface area (Å²) < 4.78 is 0. The van der Waals surface area contributed by atoms with E-state index in [1.807, 2.05) is 42.2 Å². The lowest BCUT2D eigenvalue weighted by atomic mass is 10.1. The van der Waals surface area contributed by atoms with E-state index < -0.39 is 0 Å². The first-order chi connectivity index (χ1) is 14.5. The molecule has 0 unspecified atom stereocenters. The number of carbonyl (C=O) groups excluding carboxylic acids is 2. The van der Waals surface area contributed by atoms with Gasteiger partial charge in [0.25, 0.3) is 5.91 Å². The van der Waals surface area contributed by atoms with Crippen LogP contribution in [0, 0.1) is 0 Å². The molecule has 0 spiro atoms. The van der Waals surface area contributed by atoms with Crippen LogP contribution in [0.2, 0.25) is 0 Å². The highest BCUT2D eigenvalue weighted by Gasteiger charge is 2.20. The second-order valence-corrected chi connectivity index (χ2v) is 8.14. The summed E-state index contributed by atoms with van der Waals surface area (Å²) in [5.41, 5.74) is 2.74. The Morgan fingerprint density at radius 3 is 2.53 bits per heavy atom. The number of piperazine rings is 1. The smallest absolute Gasteiger partial charge is 0.251 e. The maximum absolute atomic E-state index is 12.1. The number of aryl methyl sites for hydroxylation is 1. The molecule has 7 nitrogen and oxygen atoms in total. The quantitative estimate of drug-likeness (QED) is 0.541. The maximum Gasteiger partial charge on any atom is 0.251 e. The predicted molar refractivity (Wildman–Crippen MR) is 120 cm³/mol. The summed E-state index contributed by atoms with van der Waals surface area (Å²) in [6.07, 6.45) is 0.836. The standard InChI is InChI=1S/C22H29N5O2S/c1-4-19-14-20(27-11-9-26(10-12-27)16(3)28)25-22(24-19)30-15-17-7-6-8-18(13-17)21(29)23-5-2/h6-8,13-14H,4-5,9-12,15H2,1-3H3,(H,23,29). The molecule has 1 aliphatic rings. The number of hydrogen-bond donors (Lipinski definition) is 1. The zero-order valence-corrected chi connectivity index (χ0v) is 18.7. The molecular weight excluding hydrogens is 398 g/mol. The van der Waals surface area contributed by atoms with Gasteiger partial charge in [0.15, 0.2) is 5.16 Å². The van der Waals surface area contributed by atoms with Gasteiger partial charge < -0.3 is 15.1 Å². The molecule has 0 aliphatic carbocycles. The van der Waals surface area contributed by atoms with Crippen LogP contribution in [0.25, 0.3) is 0 Å². The molecule has 1 aromatic carbocycles. The Morgan fingerprint density at radius 1 is 1.10 bits per heavy atom. The fraction of sp³-hybridized carbons (Fsp3) is 0.455. The van der Waals surface area contributed by atoms with Gasteiger partial charge in [0, 0.05) is 62.7 Å². The van der Waals surface area contributed by atoms with E-state index in [0.717, 1.165) is 54.8 Å². The normalized spacial score (nSPS) is 14.0. The lowest BCUT2D eigenvalue weighted by Crippen LogP contribution is -2.48. The summed E-state index contributed by atoms with van der Waals surface area (Å²) in [5.74, 6) is 1.68. The molecule has 1 fully saturated rings. The Kier molecular flexibility index (Phi) is 7.68. The molecule has 2 amide bonds. The summed E-state index contributed by atoms with van der Waals surface area (Å²) in [5, 5.41) is 3.57. The van der Waals surface area contributed by atoms with E-state index >= 15 is 0 Å². The maximum atomic E-state index is 12.1. The zero-order chi connectivity index (χ0) is 21.5. The molecule has 30 heavy (non-hydrogen) atoms. The first kappa shape index (κ1) is 22.1. The van der Waals surface area contributed by atoms with Gasteiger partial charge in [-0.1, -0.05) is 30.8 Å². The molecule has 1 aromatic heterocycles. The largest absolute Gasteiger partial charge is 0.353 e. The van der Waals surface area contributed by atoms with E-state index in [0.29, 0.717) is 17.9 Å². The number of carbonyl (C=O) groups is 2. The molecule has 1 aliphatic heterocycles. The average Bonchev–Trinajstić information content (AvgIpc) is 2.78. The molecule has 1 saturated heterocycles. The minimum Gasteiger partial charge on any atom is -0.353 e. The first-order valence-electron chi connectivity index (χ1n) is 10.4. The van der Waals surface area contributed by atoms with Crippen molar-refractivity contribution in [1.29, 1.82) is 0 Å². The number of amides is 2. The van der Waals surface area contributed by atoms with Gasteiger partial charge in [-0.25, -0.2) is 9.97 Å². The molecule has 0 atom stereocenters. The molecule has 0 radical (unpaired) electrons. The molecule has 1 N–H and O–H groups in total. The summed E-state index contributed by atoms with van der Waals surface area (Å²) in [6, 6.07) is 9.71. The second-order valence-electron chi connectivity index (χ2n) is 7.20. The van der Waals surface area contributed by atoms with Crippen molar-refractivity contribution in [1.82, 2.24) is 20.2 Å². The Morgan fingerprint density at radius 2 is 1.87 bits per heavy atom. The number of thioether (sulfide) groups is 1. The van der Waals surface area contributed by atoms with Crippen molar-refractivity contribution in [2.75, 3.05) is 37.6 Å². The number of hydrogen-bond acceptors (Lipinski definition) is 6. The molecule has 0 bridgehead atoms. The van der Waals surface area contributed by atoms with E-state index in [4.69, 9.17) is 4.98 Å². The molecule has 0 saturated carbocycles. The SMILES string of the molecule is CCNC(=O)c1cccc(CSc2nc(CC)cc(N3CCN(C(C)=O)CC3)n2)c1. The monoisotopic (exact) mass is 427 g/mol. The number of aromatic nitrogens is 2. The number of nitrogens with one attached hydrogen (secondary N) is 1. The van der Waals surface area contributed by atoms with Crippen LogP contribution in [0.1, 0.15) is 42.4 Å². The highest BCUT2D eigenvalue weighted by Crippen LogP contribution is 2.24. The Bertz CT molecular complexity index is 897. The van der Waals surface area contributed by atoms with Crippen LogP contribution in [0.3, 0.4) is 0 Å².